The Morgan fingerprint density at radius 3 is 3.05 bits per heavy atom. The molecular weight excluding hydrogens is 256 g/mol. The van der Waals surface area contributed by atoms with Crippen molar-refractivity contribution >= 4 is 16.8 Å². The van der Waals surface area contributed by atoms with Crippen molar-refractivity contribution in [1.29, 1.82) is 0 Å². The van der Waals surface area contributed by atoms with E-state index in [1.54, 1.807) is 18.2 Å². The van der Waals surface area contributed by atoms with E-state index in [1.165, 1.54) is 13.3 Å². The number of aromatic amines is 1. The average Bonchev–Trinajstić information content (AvgIpc) is 2.94. The molecule has 0 bridgehead atoms. The van der Waals surface area contributed by atoms with Gasteiger partial charge in [-0.1, -0.05) is 0 Å². The van der Waals surface area contributed by atoms with Crippen molar-refractivity contribution in [3.05, 3.63) is 30.0 Å². The third kappa shape index (κ3) is 2.49. The van der Waals surface area contributed by atoms with Crippen LogP contribution in [0.3, 0.4) is 0 Å². The fraction of sp³-hybridized carbons (Fsp3) is 0.400. The molecule has 5 nitrogen and oxygen atoms in total. The van der Waals surface area contributed by atoms with Gasteiger partial charge in [0.2, 0.25) is 5.91 Å². The molecule has 1 aliphatic rings. The SMILES string of the molecule is [2H]C1([2H])OC([2H])([2H])C([2H])([2H])N(C(=O)Cc2c[nH]c3ccc(OC)cc23)C1([2H])[2H]. The molecule has 1 aromatic heterocycles. The minimum Gasteiger partial charge on any atom is -0.497 e. The Hall–Kier alpha value is -2.01. The average molecular weight is 282 g/mol. The van der Waals surface area contributed by atoms with E-state index < -0.39 is 38.4 Å². The van der Waals surface area contributed by atoms with Gasteiger partial charge in [-0.3, -0.25) is 4.79 Å². The van der Waals surface area contributed by atoms with Gasteiger partial charge >= 0.3 is 0 Å². The van der Waals surface area contributed by atoms with Crippen LogP contribution in [0, 0.1) is 0 Å². The lowest BCUT2D eigenvalue weighted by molar-refractivity contribution is -0.134. The third-order valence-electron chi connectivity index (χ3n) is 2.98. The van der Waals surface area contributed by atoms with Gasteiger partial charge in [0.1, 0.15) is 5.75 Å². The maximum Gasteiger partial charge on any atom is 0.227 e. The molecule has 0 unspecified atom stereocenters. The number of carbonyl (C=O) groups excluding carboxylic acids is 1. The summed E-state index contributed by atoms with van der Waals surface area (Å²) in [7, 11) is 1.47. The number of nitrogens with zero attached hydrogens (tertiary/aromatic N) is 1. The lowest BCUT2D eigenvalue weighted by Gasteiger charge is -2.26. The molecule has 0 atom stereocenters. The number of H-pyrrole nitrogens is 1. The van der Waals surface area contributed by atoms with Crippen LogP contribution in [0.2, 0.25) is 0 Å². The van der Waals surface area contributed by atoms with Crippen LogP contribution in [0.5, 0.6) is 5.75 Å². The molecule has 3 rings (SSSR count). The molecule has 0 aliphatic carbocycles. The van der Waals surface area contributed by atoms with E-state index >= 15 is 0 Å². The molecule has 5 heteroatoms. The molecule has 20 heavy (non-hydrogen) atoms. The van der Waals surface area contributed by atoms with Crippen LogP contribution in [0.1, 0.15) is 16.5 Å². The van der Waals surface area contributed by atoms with Crippen LogP contribution >= 0.6 is 0 Å². The number of methoxy groups -OCH3 is 1. The topological polar surface area (TPSA) is 54.6 Å². The van der Waals surface area contributed by atoms with Gasteiger partial charge in [-0.15, -0.1) is 0 Å². The quantitative estimate of drug-likeness (QED) is 0.930. The van der Waals surface area contributed by atoms with E-state index in [9.17, 15) is 4.79 Å². The molecule has 0 saturated carbocycles. The van der Waals surface area contributed by atoms with Crippen molar-refractivity contribution in [2.45, 2.75) is 6.42 Å². The summed E-state index contributed by atoms with van der Waals surface area (Å²) in [5.41, 5.74) is 1.07. The van der Waals surface area contributed by atoms with E-state index in [2.05, 4.69) is 9.72 Å². The van der Waals surface area contributed by atoms with Crippen LogP contribution in [0.15, 0.2) is 24.4 Å². The first kappa shape index (κ1) is 6.63. The number of nitrogens with one attached hydrogen (secondary N) is 1. The highest BCUT2D eigenvalue weighted by Crippen LogP contribution is 2.24. The normalized spacial score (nSPS) is 31.6. The third-order valence-corrected chi connectivity index (χ3v) is 2.98. The fourth-order valence-electron chi connectivity index (χ4n) is 1.99. The second-order valence-corrected chi connectivity index (χ2v) is 4.16. The van der Waals surface area contributed by atoms with E-state index in [0.717, 1.165) is 0 Å². The molecule has 1 aliphatic heterocycles. The Bertz CT molecular complexity index is 901. The molecule has 2 heterocycles. The van der Waals surface area contributed by atoms with Crippen molar-refractivity contribution in [2.75, 3.05) is 33.2 Å². The summed E-state index contributed by atoms with van der Waals surface area (Å²) in [6.45, 7) is -13.0. The first-order chi connectivity index (χ1) is 12.7. The van der Waals surface area contributed by atoms with Gasteiger partial charge in [0.05, 0.1) is 37.6 Å². The Morgan fingerprint density at radius 2 is 2.30 bits per heavy atom. The Labute approximate surface area is 128 Å². The van der Waals surface area contributed by atoms with Gasteiger partial charge in [-0.2, -0.15) is 0 Å². The Balaban J connectivity index is 2.02. The highest BCUT2D eigenvalue weighted by Gasteiger charge is 2.18. The summed E-state index contributed by atoms with van der Waals surface area (Å²) in [6.07, 6.45) is 1.01. The molecule has 0 spiro atoms. The summed E-state index contributed by atoms with van der Waals surface area (Å²) < 4.78 is 72.0. The largest absolute Gasteiger partial charge is 0.497 e. The molecule has 1 saturated heterocycles. The number of morpholine rings is 1. The van der Waals surface area contributed by atoms with Crippen molar-refractivity contribution in [1.82, 2.24) is 9.88 Å². The number of ether oxygens (including phenoxy) is 2. The summed E-state index contributed by atoms with van der Waals surface area (Å²) in [5.74, 6) is -0.611. The molecule has 1 amide bonds. The molecule has 1 N–H and O–H groups in total. The first-order valence-corrected chi connectivity index (χ1v) is 5.92. The van der Waals surface area contributed by atoms with E-state index in [1.807, 2.05) is 0 Å². The number of carbonyl (C=O) groups is 1. The molecule has 1 aromatic carbocycles. The van der Waals surface area contributed by atoms with E-state index in [0.29, 0.717) is 22.2 Å². The minimum absolute atomic E-state index is 0.0392. The highest BCUT2D eigenvalue weighted by atomic mass is 16.5. The predicted molar refractivity (Wildman–Crippen MR) is 76.0 cm³/mol. The first-order valence-electron chi connectivity index (χ1n) is 9.92. The number of benzene rings is 1. The second kappa shape index (κ2) is 5.54. The number of fused-ring (bicyclic) bond motifs is 1. The Morgan fingerprint density at radius 1 is 1.50 bits per heavy atom. The fourth-order valence-corrected chi connectivity index (χ4v) is 1.99. The number of amides is 1. The number of aromatic nitrogens is 1. The number of rotatable bonds is 3. The van der Waals surface area contributed by atoms with Gasteiger partial charge in [0, 0.05) is 30.1 Å². The zero-order valence-corrected chi connectivity index (χ0v) is 10.7. The molecule has 0 radical (unpaired) electrons. The molecule has 1 fully saturated rings. The van der Waals surface area contributed by atoms with Crippen LogP contribution in [0.4, 0.5) is 0 Å². The molecule has 2 aromatic rings. The van der Waals surface area contributed by atoms with Gasteiger partial charge in [-0.05, 0) is 23.8 Å². The van der Waals surface area contributed by atoms with Crippen molar-refractivity contribution in [3.63, 3.8) is 0 Å². The molecule has 106 valence electrons. The van der Waals surface area contributed by atoms with Gasteiger partial charge < -0.3 is 19.4 Å². The van der Waals surface area contributed by atoms with Gasteiger partial charge in [-0.25, -0.2) is 0 Å². The van der Waals surface area contributed by atoms with Crippen LogP contribution in [-0.2, 0) is 16.0 Å². The highest BCUT2D eigenvalue weighted by molar-refractivity contribution is 5.89. The van der Waals surface area contributed by atoms with E-state index in [-0.39, 0.29) is 4.90 Å². The zero-order valence-electron chi connectivity index (χ0n) is 18.7. The summed E-state index contributed by atoms with van der Waals surface area (Å²) >= 11 is 0. The van der Waals surface area contributed by atoms with Crippen molar-refractivity contribution in [3.8, 4) is 5.75 Å². The number of hydrogen-bond donors (Lipinski definition) is 1. The smallest absolute Gasteiger partial charge is 0.227 e. The Kier molecular flexibility index (Phi) is 1.84. The zero-order chi connectivity index (χ0) is 21.1. The maximum atomic E-state index is 12.9. The van der Waals surface area contributed by atoms with Crippen LogP contribution in [-0.4, -0.2) is 49.0 Å². The van der Waals surface area contributed by atoms with Crippen molar-refractivity contribution in [2.24, 2.45) is 0 Å². The molecular formula is C15H18N2O3. The summed E-state index contributed by atoms with van der Waals surface area (Å²) in [5, 5.41) is 0.591. The van der Waals surface area contributed by atoms with Crippen LogP contribution < -0.4 is 4.74 Å². The van der Waals surface area contributed by atoms with Gasteiger partial charge in [0.25, 0.3) is 0 Å². The lowest BCUT2D eigenvalue weighted by atomic mass is 10.1. The minimum atomic E-state index is -3.26. The van der Waals surface area contributed by atoms with Gasteiger partial charge in [0.15, 0.2) is 0 Å². The van der Waals surface area contributed by atoms with Crippen molar-refractivity contribution < 1.29 is 25.2 Å². The predicted octanol–water partition coefficient (Wildman–Crippen LogP) is 1.58. The standard InChI is InChI=1S/C15H18N2O3/c1-19-12-2-3-14-13(9-12)11(10-16-14)8-15(18)17-4-6-20-7-5-17/h2-3,9-10,16H,4-8H2,1H3/i4D2,5D2,6D2,7D2. The maximum absolute atomic E-state index is 12.9. The summed E-state index contributed by atoms with van der Waals surface area (Å²) in [4.78, 5) is 15.8. The lowest BCUT2D eigenvalue weighted by Crippen LogP contribution is -2.41. The van der Waals surface area contributed by atoms with E-state index in [4.69, 9.17) is 15.7 Å². The summed E-state index contributed by atoms with van der Waals surface area (Å²) in [6, 6.07) is 5.06. The number of hydrogen-bond acceptors (Lipinski definition) is 3. The monoisotopic (exact) mass is 282 g/mol. The van der Waals surface area contributed by atoms with Crippen LogP contribution in [0.25, 0.3) is 10.9 Å². The second-order valence-electron chi connectivity index (χ2n) is 4.16.